The first-order chi connectivity index (χ1) is 13.0. The normalized spacial score (nSPS) is 12.7. The summed E-state index contributed by atoms with van der Waals surface area (Å²) in [5.41, 5.74) is 1.16. The van der Waals surface area contributed by atoms with Gasteiger partial charge in [0, 0.05) is 23.3 Å². The molecule has 0 fully saturated rings. The minimum absolute atomic E-state index is 0.0108. The third-order valence-electron chi connectivity index (χ3n) is 3.94. The molecule has 1 aliphatic heterocycles. The summed E-state index contributed by atoms with van der Waals surface area (Å²) in [6, 6.07) is 6.82. The molecule has 0 aliphatic carbocycles. The first kappa shape index (κ1) is 18.6. The summed E-state index contributed by atoms with van der Waals surface area (Å²) in [6.07, 6.45) is -0.151. The van der Waals surface area contributed by atoms with Crippen molar-refractivity contribution in [3.8, 4) is 11.5 Å². The van der Waals surface area contributed by atoms with Crippen molar-refractivity contribution in [1.82, 2.24) is 0 Å². The molecule has 0 saturated heterocycles. The smallest absolute Gasteiger partial charge is 0.310 e. The number of halogens is 1. The molecule has 9 heteroatoms. The van der Waals surface area contributed by atoms with Crippen molar-refractivity contribution in [2.24, 2.45) is 0 Å². The van der Waals surface area contributed by atoms with Crippen LogP contribution in [0.3, 0.4) is 0 Å². The minimum Gasteiger partial charge on any atom is -0.494 e. The van der Waals surface area contributed by atoms with Crippen LogP contribution in [0.15, 0.2) is 30.3 Å². The van der Waals surface area contributed by atoms with Gasteiger partial charge >= 0.3 is 5.97 Å². The molecule has 0 atom stereocenters. The molecule has 8 nitrogen and oxygen atoms in total. The van der Waals surface area contributed by atoms with Gasteiger partial charge in [-0.2, -0.15) is 0 Å². The minimum atomic E-state index is -0.605. The number of nitro groups is 1. The van der Waals surface area contributed by atoms with E-state index in [1.54, 1.807) is 6.07 Å². The van der Waals surface area contributed by atoms with Crippen molar-refractivity contribution in [1.29, 1.82) is 0 Å². The van der Waals surface area contributed by atoms with Crippen LogP contribution in [0.25, 0.3) is 0 Å². The first-order valence-corrected chi connectivity index (χ1v) is 7.96. The molecule has 142 valence electrons. The Kier molecular flexibility index (Phi) is 5.51. The largest absolute Gasteiger partial charge is 0.494 e. The lowest BCUT2D eigenvalue weighted by atomic mass is 10.1. The van der Waals surface area contributed by atoms with Gasteiger partial charge in [0.15, 0.2) is 18.4 Å². The molecule has 0 N–H and O–H groups in total. The fourth-order valence-electron chi connectivity index (χ4n) is 2.69. The lowest BCUT2D eigenvalue weighted by Gasteiger charge is -2.20. The molecular weight excluding hydrogens is 361 g/mol. The standard InChI is InChI=1S/C18H16FNO7/c1-24-16-3-2-11(4-15(16)19)5-17(21)26-9-13-7-14(20(22)23)6-12-8-25-10-27-18(12)13/h2-4,6-7H,5,8-10H2,1H3. The van der Waals surface area contributed by atoms with E-state index >= 15 is 0 Å². The van der Waals surface area contributed by atoms with Crippen LogP contribution in [0.2, 0.25) is 0 Å². The number of methoxy groups -OCH3 is 1. The van der Waals surface area contributed by atoms with E-state index in [1.165, 1.54) is 31.4 Å². The van der Waals surface area contributed by atoms with Crippen LogP contribution in [0.4, 0.5) is 10.1 Å². The van der Waals surface area contributed by atoms with Crippen LogP contribution < -0.4 is 9.47 Å². The number of hydrogen-bond acceptors (Lipinski definition) is 7. The Morgan fingerprint density at radius 1 is 1.33 bits per heavy atom. The molecule has 1 heterocycles. The number of non-ortho nitro benzene ring substituents is 1. The SMILES string of the molecule is COc1ccc(CC(=O)OCc2cc([N+](=O)[O-])cc3c2OCOC3)cc1F. The summed E-state index contributed by atoms with van der Waals surface area (Å²) >= 11 is 0. The second-order valence-corrected chi connectivity index (χ2v) is 5.77. The Hall–Kier alpha value is -3.20. The molecule has 0 bridgehead atoms. The highest BCUT2D eigenvalue weighted by molar-refractivity contribution is 5.72. The maximum atomic E-state index is 13.7. The predicted octanol–water partition coefficient (Wildman–Crippen LogP) is 2.89. The molecule has 0 radical (unpaired) electrons. The highest BCUT2D eigenvalue weighted by atomic mass is 19.1. The van der Waals surface area contributed by atoms with Crippen molar-refractivity contribution in [2.45, 2.75) is 19.6 Å². The molecule has 2 aromatic rings. The van der Waals surface area contributed by atoms with Gasteiger partial charge < -0.3 is 18.9 Å². The summed E-state index contributed by atoms with van der Waals surface area (Å²) in [7, 11) is 1.35. The number of fused-ring (bicyclic) bond motifs is 1. The third-order valence-corrected chi connectivity index (χ3v) is 3.94. The quantitative estimate of drug-likeness (QED) is 0.434. The van der Waals surface area contributed by atoms with Gasteiger partial charge in [-0.1, -0.05) is 6.07 Å². The molecule has 27 heavy (non-hydrogen) atoms. The Labute approximate surface area is 153 Å². The van der Waals surface area contributed by atoms with Crippen molar-refractivity contribution >= 4 is 11.7 Å². The van der Waals surface area contributed by atoms with Gasteiger partial charge in [-0.05, 0) is 17.7 Å². The number of benzene rings is 2. The number of carbonyl (C=O) groups is 1. The van der Waals surface area contributed by atoms with Gasteiger partial charge in [-0.15, -0.1) is 0 Å². The predicted molar refractivity (Wildman–Crippen MR) is 89.8 cm³/mol. The van der Waals surface area contributed by atoms with Crippen molar-refractivity contribution in [3.05, 3.63) is 63.0 Å². The molecule has 0 spiro atoms. The first-order valence-electron chi connectivity index (χ1n) is 7.96. The van der Waals surface area contributed by atoms with Crippen LogP contribution >= 0.6 is 0 Å². The monoisotopic (exact) mass is 377 g/mol. The average Bonchev–Trinajstić information content (AvgIpc) is 2.66. The van der Waals surface area contributed by atoms with Crippen molar-refractivity contribution in [3.63, 3.8) is 0 Å². The van der Waals surface area contributed by atoms with Crippen molar-refractivity contribution in [2.75, 3.05) is 13.9 Å². The number of esters is 1. The van der Waals surface area contributed by atoms with E-state index < -0.39 is 16.7 Å². The molecule has 0 amide bonds. The van der Waals surface area contributed by atoms with E-state index in [-0.39, 0.29) is 37.9 Å². The van der Waals surface area contributed by atoms with Crippen LogP contribution in [0.1, 0.15) is 16.7 Å². The van der Waals surface area contributed by atoms with Gasteiger partial charge in [-0.25, -0.2) is 4.39 Å². The Balaban J connectivity index is 1.70. The zero-order chi connectivity index (χ0) is 19.4. The van der Waals surface area contributed by atoms with Gasteiger partial charge in [0.1, 0.15) is 12.4 Å². The van der Waals surface area contributed by atoms with E-state index in [0.717, 1.165) is 0 Å². The molecular formula is C18H16FNO7. The van der Waals surface area contributed by atoms with Crippen LogP contribution in [-0.2, 0) is 33.9 Å². The molecule has 0 saturated carbocycles. The lowest BCUT2D eigenvalue weighted by molar-refractivity contribution is -0.385. The van der Waals surface area contributed by atoms with Gasteiger partial charge in [0.05, 0.1) is 25.1 Å². The molecule has 2 aromatic carbocycles. The Morgan fingerprint density at radius 2 is 2.15 bits per heavy atom. The van der Waals surface area contributed by atoms with Crippen molar-refractivity contribution < 1.29 is 33.1 Å². The topological polar surface area (TPSA) is 97.1 Å². The number of ether oxygens (including phenoxy) is 4. The average molecular weight is 377 g/mol. The highest BCUT2D eigenvalue weighted by Crippen LogP contribution is 2.33. The maximum Gasteiger partial charge on any atom is 0.310 e. The zero-order valence-electron chi connectivity index (χ0n) is 14.4. The fourth-order valence-corrected chi connectivity index (χ4v) is 2.69. The van der Waals surface area contributed by atoms with Crippen LogP contribution in [0.5, 0.6) is 11.5 Å². The van der Waals surface area contributed by atoms with Gasteiger partial charge in [0.25, 0.3) is 5.69 Å². The Morgan fingerprint density at radius 3 is 2.85 bits per heavy atom. The molecule has 1 aliphatic rings. The molecule has 0 aromatic heterocycles. The van der Waals surface area contributed by atoms with E-state index in [4.69, 9.17) is 18.9 Å². The summed E-state index contributed by atoms with van der Waals surface area (Å²) in [6.45, 7) is -0.0263. The van der Waals surface area contributed by atoms with Gasteiger partial charge in [-0.3, -0.25) is 14.9 Å². The number of nitro benzene ring substituents is 1. The third kappa shape index (κ3) is 4.32. The molecule has 0 unspecified atom stereocenters. The number of carbonyl (C=O) groups excluding carboxylic acids is 1. The number of hydrogen-bond donors (Lipinski definition) is 0. The second kappa shape index (κ2) is 8.00. The zero-order valence-corrected chi connectivity index (χ0v) is 14.4. The highest BCUT2D eigenvalue weighted by Gasteiger charge is 2.22. The second-order valence-electron chi connectivity index (χ2n) is 5.77. The Bertz CT molecular complexity index is 884. The van der Waals surface area contributed by atoms with E-state index in [2.05, 4.69) is 0 Å². The number of rotatable bonds is 6. The maximum absolute atomic E-state index is 13.7. The van der Waals surface area contributed by atoms with E-state index in [1.807, 2.05) is 0 Å². The van der Waals surface area contributed by atoms with E-state index in [9.17, 15) is 19.3 Å². The van der Waals surface area contributed by atoms with Crippen LogP contribution in [-0.4, -0.2) is 24.8 Å². The summed E-state index contributed by atoms with van der Waals surface area (Å²) < 4.78 is 34.2. The lowest BCUT2D eigenvalue weighted by Crippen LogP contribution is -2.15. The molecule has 3 rings (SSSR count). The van der Waals surface area contributed by atoms with E-state index in [0.29, 0.717) is 22.4 Å². The summed E-state index contributed by atoms with van der Waals surface area (Å²) in [5, 5.41) is 11.1. The summed E-state index contributed by atoms with van der Waals surface area (Å²) in [5.74, 6) is -0.694. The van der Waals surface area contributed by atoms with Gasteiger partial charge in [0.2, 0.25) is 0 Å². The van der Waals surface area contributed by atoms with Crippen LogP contribution in [0, 0.1) is 15.9 Å². The number of nitrogens with zero attached hydrogens (tertiary/aromatic N) is 1. The summed E-state index contributed by atoms with van der Waals surface area (Å²) in [4.78, 5) is 22.6. The fraction of sp³-hybridized carbons (Fsp3) is 0.278.